The van der Waals surface area contributed by atoms with E-state index in [9.17, 15) is 5.11 Å². The van der Waals surface area contributed by atoms with Crippen LogP contribution in [0.25, 0.3) is 0 Å². The summed E-state index contributed by atoms with van der Waals surface area (Å²) in [6.45, 7) is 7.75. The fraction of sp³-hybridized carbons (Fsp3) is 1.00. The molecule has 1 saturated heterocycles. The van der Waals surface area contributed by atoms with Gasteiger partial charge in [0.2, 0.25) is 0 Å². The first-order chi connectivity index (χ1) is 6.94. The highest BCUT2D eigenvalue weighted by atomic mass is 16.5. The molecule has 1 N–H and O–H groups in total. The van der Waals surface area contributed by atoms with Crippen LogP contribution in [0, 0.1) is 5.41 Å². The van der Waals surface area contributed by atoms with Crippen molar-refractivity contribution in [2.24, 2.45) is 5.41 Å². The van der Waals surface area contributed by atoms with E-state index in [0.29, 0.717) is 0 Å². The van der Waals surface area contributed by atoms with Crippen LogP contribution in [-0.2, 0) is 9.47 Å². The first-order valence-electron chi connectivity index (χ1n) is 5.88. The second kappa shape index (κ2) is 3.72. The molecule has 0 bridgehead atoms. The van der Waals surface area contributed by atoms with E-state index in [-0.39, 0.29) is 23.2 Å². The highest BCUT2D eigenvalue weighted by Gasteiger charge is 2.56. The molecule has 0 radical (unpaired) electrons. The fourth-order valence-electron chi connectivity index (χ4n) is 2.73. The molecule has 2 rings (SSSR count). The molecular weight excluding hydrogens is 192 g/mol. The molecule has 0 aromatic rings. The molecule has 2 fully saturated rings. The van der Waals surface area contributed by atoms with Gasteiger partial charge in [-0.3, -0.25) is 0 Å². The Morgan fingerprint density at radius 1 is 1.27 bits per heavy atom. The summed E-state index contributed by atoms with van der Waals surface area (Å²) in [7, 11) is 0. The van der Waals surface area contributed by atoms with Gasteiger partial charge < -0.3 is 14.6 Å². The topological polar surface area (TPSA) is 38.7 Å². The van der Waals surface area contributed by atoms with Crippen LogP contribution < -0.4 is 0 Å². The van der Waals surface area contributed by atoms with Crippen LogP contribution in [0.4, 0.5) is 0 Å². The molecule has 1 heterocycles. The predicted molar refractivity (Wildman–Crippen MR) is 57.7 cm³/mol. The Bertz CT molecular complexity index is 226. The minimum absolute atomic E-state index is 0.00840. The zero-order valence-corrected chi connectivity index (χ0v) is 9.95. The number of aliphatic hydroxyl groups is 1. The number of ether oxygens (including phenoxy) is 2. The summed E-state index contributed by atoms with van der Waals surface area (Å²) in [5.41, 5.74) is -0.123. The van der Waals surface area contributed by atoms with Crippen LogP contribution in [0.3, 0.4) is 0 Å². The molecule has 15 heavy (non-hydrogen) atoms. The second-order valence-electron chi connectivity index (χ2n) is 5.82. The van der Waals surface area contributed by atoms with Crippen LogP contribution >= 0.6 is 0 Å². The zero-order chi connectivity index (χ0) is 11.1. The lowest BCUT2D eigenvalue weighted by Crippen LogP contribution is -2.61. The van der Waals surface area contributed by atoms with Gasteiger partial charge in [0.25, 0.3) is 0 Å². The minimum atomic E-state index is -0.186. The van der Waals surface area contributed by atoms with Crippen molar-refractivity contribution in [3.05, 3.63) is 0 Å². The van der Waals surface area contributed by atoms with E-state index in [2.05, 4.69) is 20.8 Å². The Morgan fingerprint density at radius 3 is 2.33 bits per heavy atom. The maximum absolute atomic E-state index is 9.95. The molecule has 1 aliphatic heterocycles. The van der Waals surface area contributed by atoms with Gasteiger partial charge >= 0.3 is 0 Å². The molecule has 2 atom stereocenters. The van der Waals surface area contributed by atoms with Crippen molar-refractivity contribution in [1.29, 1.82) is 0 Å². The lowest BCUT2D eigenvalue weighted by atomic mass is 9.59. The van der Waals surface area contributed by atoms with Crippen LogP contribution in [0.1, 0.15) is 40.0 Å². The SMILES string of the molecule is CC(C)(C)O[C@@H]1C[C@H](O)C12CCOCC2. The first kappa shape index (κ1) is 11.4. The second-order valence-corrected chi connectivity index (χ2v) is 5.82. The monoisotopic (exact) mass is 214 g/mol. The molecule has 3 nitrogen and oxygen atoms in total. The van der Waals surface area contributed by atoms with Gasteiger partial charge in [-0.25, -0.2) is 0 Å². The van der Waals surface area contributed by atoms with E-state index in [0.717, 1.165) is 32.5 Å². The van der Waals surface area contributed by atoms with E-state index in [1.165, 1.54) is 0 Å². The third kappa shape index (κ3) is 2.05. The highest BCUT2D eigenvalue weighted by Crippen LogP contribution is 2.51. The molecule has 0 aromatic carbocycles. The minimum Gasteiger partial charge on any atom is -0.392 e. The average Bonchev–Trinajstić information content (AvgIpc) is 2.17. The molecule has 0 amide bonds. The van der Waals surface area contributed by atoms with E-state index >= 15 is 0 Å². The van der Waals surface area contributed by atoms with Gasteiger partial charge in [-0.2, -0.15) is 0 Å². The Balaban J connectivity index is 2.02. The third-order valence-electron chi connectivity index (χ3n) is 3.66. The number of hydrogen-bond acceptors (Lipinski definition) is 3. The van der Waals surface area contributed by atoms with Gasteiger partial charge in [-0.1, -0.05) is 0 Å². The summed E-state index contributed by atoms with van der Waals surface area (Å²) in [5.74, 6) is 0. The Morgan fingerprint density at radius 2 is 1.87 bits per heavy atom. The van der Waals surface area contributed by atoms with E-state index in [4.69, 9.17) is 9.47 Å². The van der Waals surface area contributed by atoms with Gasteiger partial charge in [-0.15, -0.1) is 0 Å². The van der Waals surface area contributed by atoms with Gasteiger partial charge in [-0.05, 0) is 33.6 Å². The molecular formula is C12H22O3. The first-order valence-corrected chi connectivity index (χ1v) is 5.88. The lowest BCUT2D eigenvalue weighted by Gasteiger charge is -2.56. The van der Waals surface area contributed by atoms with Crippen molar-refractivity contribution in [3.63, 3.8) is 0 Å². The Hall–Kier alpha value is -0.120. The molecule has 1 spiro atoms. The molecule has 1 aliphatic carbocycles. The maximum atomic E-state index is 9.95. The standard InChI is InChI=1S/C12H22O3/c1-11(2,3)15-10-8-9(13)12(10)4-6-14-7-5-12/h9-10,13H,4-8H2,1-3H3/t9-,10+/m0/s1. The Kier molecular flexibility index (Phi) is 2.82. The summed E-state index contributed by atoms with van der Waals surface area (Å²) >= 11 is 0. The maximum Gasteiger partial charge on any atom is 0.0689 e. The van der Waals surface area contributed by atoms with Crippen molar-refractivity contribution in [2.75, 3.05) is 13.2 Å². The Labute approximate surface area is 91.8 Å². The molecule has 0 aromatic heterocycles. The van der Waals surface area contributed by atoms with Crippen molar-refractivity contribution >= 4 is 0 Å². The van der Waals surface area contributed by atoms with Gasteiger partial charge in [0, 0.05) is 25.0 Å². The van der Waals surface area contributed by atoms with Crippen LogP contribution in [0.5, 0.6) is 0 Å². The quantitative estimate of drug-likeness (QED) is 0.722. The zero-order valence-electron chi connectivity index (χ0n) is 9.95. The van der Waals surface area contributed by atoms with Gasteiger partial charge in [0.05, 0.1) is 17.8 Å². The van der Waals surface area contributed by atoms with Gasteiger partial charge in [0.15, 0.2) is 0 Å². The summed E-state index contributed by atoms with van der Waals surface area (Å²) in [6.07, 6.45) is 2.70. The van der Waals surface area contributed by atoms with E-state index in [1.807, 2.05) is 0 Å². The molecule has 2 aliphatic rings. The van der Waals surface area contributed by atoms with Crippen LogP contribution in [0.2, 0.25) is 0 Å². The summed E-state index contributed by atoms with van der Waals surface area (Å²) < 4.78 is 11.4. The average molecular weight is 214 g/mol. The highest BCUT2D eigenvalue weighted by molar-refractivity contribution is 5.05. The van der Waals surface area contributed by atoms with Crippen molar-refractivity contribution in [1.82, 2.24) is 0 Å². The molecule has 1 saturated carbocycles. The van der Waals surface area contributed by atoms with E-state index in [1.54, 1.807) is 0 Å². The molecule has 0 unspecified atom stereocenters. The summed E-state index contributed by atoms with van der Waals surface area (Å²) in [6, 6.07) is 0. The number of hydrogen-bond donors (Lipinski definition) is 1. The van der Waals surface area contributed by atoms with Crippen LogP contribution in [0.15, 0.2) is 0 Å². The number of rotatable bonds is 1. The molecule has 3 heteroatoms. The summed E-state index contributed by atoms with van der Waals surface area (Å²) in [5, 5.41) is 9.95. The van der Waals surface area contributed by atoms with Crippen molar-refractivity contribution < 1.29 is 14.6 Å². The van der Waals surface area contributed by atoms with Crippen molar-refractivity contribution in [2.45, 2.75) is 57.8 Å². The van der Waals surface area contributed by atoms with E-state index < -0.39 is 0 Å². The third-order valence-corrected chi connectivity index (χ3v) is 3.66. The fourth-order valence-corrected chi connectivity index (χ4v) is 2.73. The number of aliphatic hydroxyl groups excluding tert-OH is 1. The van der Waals surface area contributed by atoms with Crippen molar-refractivity contribution in [3.8, 4) is 0 Å². The normalized spacial score (nSPS) is 35.2. The summed E-state index contributed by atoms with van der Waals surface area (Å²) in [4.78, 5) is 0. The lowest BCUT2D eigenvalue weighted by molar-refractivity contribution is -0.249. The van der Waals surface area contributed by atoms with Crippen LogP contribution in [-0.4, -0.2) is 36.1 Å². The predicted octanol–water partition coefficient (Wildman–Crippen LogP) is 1.73. The van der Waals surface area contributed by atoms with Gasteiger partial charge in [0.1, 0.15) is 0 Å². The molecule has 88 valence electrons. The largest absolute Gasteiger partial charge is 0.392 e. The smallest absolute Gasteiger partial charge is 0.0689 e.